The van der Waals surface area contributed by atoms with Gasteiger partial charge in [0.05, 0.1) is 6.04 Å². The van der Waals surface area contributed by atoms with Crippen molar-refractivity contribution in [2.45, 2.75) is 51.8 Å². The first kappa shape index (κ1) is 38.5. The molecule has 0 aliphatic carbocycles. The lowest BCUT2D eigenvalue weighted by Gasteiger charge is -2.27. The highest BCUT2D eigenvalue weighted by Gasteiger charge is 2.38. The molecule has 0 aliphatic rings. The van der Waals surface area contributed by atoms with Gasteiger partial charge in [0.15, 0.2) is 0 Å². The number of rotatable bonds is 17. The Morgan fingerprint density at radius 3 is 1.90 bits per heavy atom. The second-order valence-corrected chi connectivity index (χ2v) is 13.5. The van der Waals surface area contributed by atoms with E-state index in [1.54, 1.807) is 86.6 Å². The molecule has 2 amide bonds. The molecule has 3 aromatic carbocycles. The fourth-order valence-electron chi connectivity index (χ4n) is 4.93. The van der Waals surface area contributed by atoms with Crippen molar-refractivity contribution >= 4 is 31.7 Å². The molecule has 4 rings (SSSR count). The molecule has 0 spiro atoms. The molecule has 5 N–H and O–H groups in total. The van der Waals surface area contributed by atoms with Crippen LogP contribution in [-0.4, -0.2) is 56.8 Å². The van der Waals surface area contributed by atoms with Crippen molar-refractivity contribution in [2.75, 3.05) is 0 Å². The van der Waals surface area contributed by atoms with E-state index in [-0.39, 0.29) is 19.6 Å². The summed E-state index contributed by atoms with van der Waals surface area (Å²) < 4.78 is 30.8. The van der Waals surface area contributed by atoms with Gasteiger partial charge in [-0.3, -0.25) is 14.6 Å². The summed E-state index contributed by atoms with van der Waals surface area (Å²) in [7, 11) is -3.19. The Morgan fingerprint density at radius 1 is 0.784 bits per heavy atom. The molecule has 270 valence electrons. The van der Waals surface area contributed by atoms with Gasteiger partial charge in [0, 0.05) is 25.4 Å². The lowest BCUT2D eigenvalue weighted by Crippen LogP contribution is -2.52. The van der Waals surface area contributed by atoms with Crippen molar-refractivity contribution < 1.29 is 47.7 Å². The van der Waals surface area contributed by atoms with Crippen LogP contribution in [0, 0.1) is 5.92 Å². The van der Waals surface area contributed by atoms with Crippen LogP contribution < -0.4 is 15.7 Å². The minimum Gasteiger partial charge on any atom is -0.480 e. The van der Waals surface area contributed by atoms with Crippen LogP contribution in [0.2, 0.25) is 0 Å². The van der Waals surface area contributed by atoms with Gasteiger partial charge in [0.1, 0.15) is 19.3 Å². The maximum Gasteiger partial charge on any atom is 0.409 e. The summed E-state index contributed by atoms with van der Waals surface area (Å²) in [5.41, 5.74) is 3.76. The van der Waals surface area contributed by atoms with E-state index in [1.165, 1.54) is 0 Å². The molecule has 2 unspecified atom stereocenters. The molecule has 1 heterocycles. The second-order valence-electron chi connectivity index (χ2n) is 12.0. The highest BCUT2D eigenvalue weighted by Crippen LogP contribution is 2.40. The van der Waals surface area contributed by atoms with Crippen molar-refractivity contribution in [3.63, 3.8) is 0 Å². The number of amides is 2. The van der Waals surface area contributed by atoms with Crippen molar-refractivity contribution in [1.82, 2.24) is 20.3 Å². The largest absolute Gasteiger partial charge is 0.480 e. The number of carboxylic acid groups (broad SMARTS) is 1. The SMILES string of the molecule is CC(C)[C@H](NP(=O)(O)OC(NC(=O)OCc1ccccc1)C(=O)OCc1ccccc1)C(=O)N[C@@H](Cc1ccc(-c2cccn2C)cc1)C(=O)O. The fourth-order valence-corrected chi connectivity index (χ4v) is 6.19. The van der Waals surface area contributed by atoms with Crippen LogP contribution in [0.5, 0.6) is 0 Å². The number of hydrogen-bond acceptors (Lipinski definition) is 8. The Balaban J connectivity index is 1.43. The Bertz CT molecular complexity index is 1820. The van der Waals surface area contributed by atoms with Crippen LogP contribution in [-0.2, 0) is 59.6 Å². The van der Waals surface area contributed by atoms with E-state index in [0.29, 0.717) is 16.7 Å². The third-order valence-electron chi connectivity index (χ3n) is 7.65. The predicted octanol–water partition coefficient (Wildman–Crippen LogP) is 4.53. The Hall–Kier alpha value is -5.27. The first-order chi connectivity index (χ1) is 24.3. The summed E-state index contributed by atoms with van der Waals surface area (Å²) in [4.78, 5) is 62.1. The van der Waals surface area contributed by atoms with E-state index >= 15 is 0 Å². The Kier molecular flexibility index (Phi) is 13.7. The summed E-state index contributed by atoms with van der Waals surface area (Å²) in [6.07, 6.45) is -1.46. The van der Waals surface area contributed by atoms with Crippen LogP contribution in [0.1, 0.15) is 30.5 Å². The van der Waals surface area contributed by atoms with Gasteiger partial charge < -0.3 is 29.4 Å². The van der Waals surface area contributed by atoms with E-state index in [9.17, 15) is 33.7 Å². The topological polar surface area (TPSA) is 195 Å². The molecule has 51 heavy (non-hydrogen) atoms. The predicted molar refractivity (Wildman–Crippen MR) is 187 cm³/mol. The first-order valence-corrected chi connectivity index (χ1v) is 17.6. The third kappa shape index (κ3) is 11.9. The zero-order valence-corrected chi connectivity index (χ0v) is 29.2. The number of nitrogens with zero attached hydrogens (tertiary/aromatic N) is 1. The number of nitrogens with one attached hydrogen (secondary N) is 3. The molecular weight excluding hydrogens is 679 g/mol. The minimum absolute atomic E-state index is 0.0725. The Labute approximate surface area is 295 Å². The van der Waals surface area contributed by atoms with Gasteiger partial charge in [-0.2, -0.15) is 0 Å². The quantitative estimate of drug-likeness (QED) is 0.0584. The number of benzene rings is 3. The number of carboxylic acids is 1. The van der Waals surface area contributed by atoms with E-state index in [0.717, 1.165) is 11.3 Å². The summed E-state index contributed by atoms with van der Waals surface area (Å²) in [6.45, 7) is 2.69. The van der Waals surface area contributed by atoms with Crippen LogP contribution >= 0.6 is 7.75 Å². The molecule has 0 aliphatic heterocycles. The van der Waals surface area contributed by atoms with Gasteiger partial charge >= 0.3 is 25.8 Å². The van der Waals surface area contributed by atoms with Gasteiger partial charge in [-0.25, -0.2) is 24.0 Å². The average Bonchev–Trinajstić information content (AvgIpc) is 3.54. The van der Waals surface area contributed by atoms with E-state index < -0.39 is 55.9 Å². The number of esters is 1. The fraction of sp³-hybridized carbons (Fsp3) is 0.278. The Morgan fingerprint density at radius 2 is 1.37 bits per heavy atom. The zero-order chi connectivity index (χ0) is 37.0. The summed E-state index contributed by atoms with van der Waals surface area (Å²) >= 11 is 0. The number of aromatic nitrogens is 1. The molecule has 1 aromatic heterocycles. The van der Waals surface area contributed by atoms with Crippen molar-refractivity contribution in [1.29, 1.82) is 0 Å². The normalized spacial score (nSPS) is 14.1. The van der Waals surface area contributed by atoms with Crippen molar-refractivity contribution in [3.8, 4) is 11.3 Å². The van der Waals surface area contributed by atoms with E-state index in [1.807, 2.05) is 42.1 Å². The number of hydrogen-bond donors (Lipinski definition) is 5. The first-order valence-electron chi connectivity index (χ1n) is 16.0. The van der Waals surface area contributed by atoms with Gasteiger partial charge in [0.25, 0.3) is 0 Å². The lowest BCUT2D eigenvalue weighted by atomic mass is 10.0. The molecule has 4 aromatic rings. The summed E-state index contributed by atoms with van der Waals surface area (Å²) in [5.74, 6) is -4.11. The van der Waals surface area contributed by atoms with Gasteiger partial charge in [0.2, 0.25) is 12.1 Å². The number of aryl methyl sites for hydroxylation is 1. The smallest absolute Gasteiger partial charge is 0.409 e. The zero-order valence-electron chi connectivity index (χ0n) is 28.3. The number of alkyl carbamates (subject to hydrolysis) is 1. The molecule has 0 radical (unpaired) electrons. The molecule has 0 bridgehead atoms. The molecule has 0 saturated heterocycles. The number of ether oxygens (including phenoxy) is 2. The van der Waals surface area contributed by atoms with E-state index in [2.05, 4.69) is 15.7 Å². The van der Waals surface area contributed by atoms with Gasteiger partial charge in [-0.05, 0) is 40.3 Å². The highest BCUT2D eigenvalue weighted by molar-refractivity contribution is 7.50. The van der Waals surface area contributed by atoms with Crippen LogP contribution in [0.25, 0.3) is 11.3 Å². The summed E-state index contributed by atoms with van der Waals surface area (Å²) in [6, 6.07) is 25.4. The van der Waals surface area contributed by atoms with E-state index in [4.69, 9.17) is 14.0 Å². The maximum atomic E-state index is 13.4. The highest BCUT2D eigenvalue weighted by atomic mass is 31.2. The van der Waals surface area contributed by atoms with Crippen molar-refractivity contribution in [3.05, 3.63) is 120 Å². The molecular formula is C36H41N4O10P. The van der Waals surface area contributed by atoms with Crippen LogP contribution in [0.3, 0.4) is 0 Å². The molecule has 14 nitrogen and oxygen atoms in total. The van der Waals surface area contributed by atoms with Gasteiger partial charge in [-0.1, -0.05) is 98.8 Å². The minimum atomic E-state index is -5.09. The molecule has 15 heteroatoms. The third-order valence-corrected chi connectivity index (χ3v) is 8.75. The molecule has 4 atom stereocenters. The van der Waals surface area contributed by atoms with Crippen LogP contribution in [0.4, 0.5) is 4.79 Å². The maximum absolute atomic E-state index is 13.4. The van der Waals surface area contributed by atoms with Crippen LogP contribution in [0.15, 0.2) is 103 Å². The molecule has 0 fully saturated rings. The average molecular weight is 721 g/mol. The second kappa shape index (κ2) is 18.1. The summed E-state index contributed by atoms with van der Waals surface area (Å²) in [5, 5.41) is 16.6. The number of carbonyl (C=O) groups excluding carboxylic acids is 3. The molecule has 0 saturated carbocycles. The number of aliphatic carboxylic acids is 1. The number of carbonyl (C=O) groups is 4. The lowest BCUT2D eigenvalue weighted by molar-refractivity contribution is -0.155. The standard InChI is InChI=1S/C36H41N4O10P/c1-24(2)31(32(41)37-29(34(42)43)21-25-16-18-28(19-17-25)30-15-10-20-40(30)3)39-51(46,47)50-33(35(44)48-22-26-11-6-4-7-12-26)38-36(45)49-23-27-13-8-5-9-14-27/h4-20,24,29,31,33H,21-23H2,1-3H3,(H,37,41)(H,38,45)(H,42,43)(H2,39,46,47)/t29-,31-,33?/m0/s1. The monoisotopic (exact) mass is 720 g/mol. The van der Waals surface area contributed by atoms with Gasteiger partial charge in [-0.15, -0.1) is 0 Å². The van der Waals surface area contributed by atoms with Crippen molar-refractivity contribution in [2.24, 2.45) is 13.0 Å².